The molecular formula is C15H27N3O3. The van der Waals surface area contributed by atoms with Crippen molar-refractivity contribution in [2.45, 2.75) is 39.2 Å². The standard InChI is InChI=1S/C15H27N3O3/c1-3-16(4-2)13-7-9-18(11-13)15(21)17-8-5-6-12(10-17)14(19)20/h12-13H,3-11H2,1-2H3,(H,19,20)/t12-,13?/m0/s1. The molecule has 6 heteroatoms. The van der Waals surface area contributed by atoms with Gasteiger partial charge >= 0.3 is 12.0 Å². The second kappa shape index (κ2) is 7.11. The van der Waals surface area contributed by atoms with Crippen molar-refractivity contribution in [3.8, 4) is 0 Å². The van der Waals surface area contributed by atoms with E-state index in [4.69, 9.17) is 5.11 Å². The highest BCUT2D eigenvalue weighted by atomic mass is 16.4. The third-order valence-electron chi connectivity index (χ3n) is 4.80. The third-order valence-corrected chi connectivity index (χ3v) is 4.80. The number of amides is 2. The topological polar surface area (TPSA) is 64.1 Å². The van der Waals surface area contributed by atoms with Crippen LogP contribution in [0.3, 0.4) is 0 Å². The summed E-state index contributed by atoms with van der Waals surface area (Å²) in [5.41, 5.74) is 0. The SMILES string of the molecule is CCN(CC)C1CCN(C(=O)N2CCC[C@H](C(=O)O)C2)C1. The number of nitrogens with zero attached hydrogens (tertiary/aromatic N) is 3. The second-order valence-electron chi connectivity index (χ2n) is 6.02. The molecule has 2 aliphatic rings. The number of carboxylic acid groups (broad SMARTS) is 1. The van der Waals surface area contributed by atoms with Crippen molar-refractivity contribution >= 4 is 12.0 Å². The maximum atomic E-state index is 12.6. The lowest BCUT2D eigenvalue weighted by Crippen LogP contribution is -2.49. The van der Waals surface area contributed by atoms with Crippen LogP contribution in [0.2, 0.25) is 0 Å². The van der Waals surface area contributed by atoms with Crippen LogP contribution in [-0.2, 0) is 4.79 Å². The Kier molecular flexibility index (Phi) is 5.45. The molecule has 0 aromatic rings. The Morgan fingerprint density at radius 3 is 2.38 bits per heavy atom. The molecule has 0 saturated carbocycles. The normalized spacial score (nSPS) is 26.4. The Bertz CT molecular complexity index is 384. The zero-order valence-electron chi connectivity index (χ0n) is 13.1. The molecule has 2 amide bonds. The maximum Gasteiger partial charge on any atom is 0.320 e. The molecular weight excluding hydrogens is 270 g/mol. The van der Waals surface area contributed by atoms with Crippen molar-refractivity contribution in [2.75, 3.05) is 39.3 Å². The summed E-state index contributed by atoms with van der Waals surface area (Å²) in [5, 5.41) is 9.12. The van der Waals surface area contributed by atoms with Gasteiger partial charge in [0.25, 0.3) is 0 Å². The molecule has 21 heavy (non-hydrogen) atoms. The molecule has 0 aromatic heterocycles. The predicted octanol–water partition coefficient (Wildman–Crippen LogP) is 1.32. The number of carbonyl (C=O) groups is 2. The molecule has 6 nitrogen and oxygen atoms in total. The first-order chi connectivity index (χ1) is 10.1. The number of aliphatic carboxylic acids is 1. The highest BCUT2D eigenvalue weighted by Gasteiger charge is 2.34. The molecule has 0 radical (unpaired) electrons. The van der Waals surface area contributed by atoms with Crippen molar-refractivity contribution < 1.29 is 14.7 Å². The Morgan fingerprint density at radius 1 is 1.10 bits per heavy atom. The number of hydrogen-bond donors (Lipinski definition) is 1. The van der Waals surface area contributed by atoms with Gasteiger partial charge in [0.1, 0.15) is 0 Å². The molecule has 0 spiro atoms. The number of urea groups is 1. The number of piperidine rings is 1. The third kappa shape index (κ3) is 3.67. The largest absolute Gasteiger partial charge is 0.481 e. The molecule has 2 rings (SSSR count). The maximum absolute atomic E-state index is 12.6. The highest BCUT2D eigenvalue weighted by molar-refractivity contribution is 5.77. The molecule has 2 aliphatic heterocycles. The lowest BCUT2D eigenvalue weighted by Gasteiger charge is -2.34. The molecule has 0 bridgehead atoms. The zero-order valence-corrected chi connectivity index (χ0v) is 13.1. The van der Waals surface area contributed by atoms with E-state index < -0.39 is 11.9 Å². The van der Waals surface area contributed by atoms with Gasteiger partial charge < -0.3 is 14.9 Å². The number of carbonyl (C=O) groups excluding carboxylic acids is 1. The number of likely N-dealkylation sites (N-methyl/N-ethyl adjacent to an activating group) is 1. The van der Waals surface area contributed by atoms with Gasteiger partial charge in [-0.05, 0) is 32.4 Å². The summed E-state index contributed by atoms with van der Waals surface area (Å²) in [5.74, 6) is -1.18. The number of carboxylic acids is 1. The van der Waals surface area contributed by atoms with Crippen molar-refractivity contribution in [1.29, 1.82) is 0 Å². The van der Waals surface area contributed by atoms with Crippen LogP contribution in [0, 0.1) is 5.92 Å². The van der Waals surface area contributed by atoms with Crippen LogP contribution in [0.15, 0.2) is 0 Å². The molecule has 120 valence electrons. The van der Waals surface area contributed by atoms with Gasteiger partial charge in [0.2, 0.25) is 0 Å². The minimum atomic E-state index is -0.782. The van der Waals surface area contributed by atoms with E-state index >= 15 is 0 Å². The van der Waals surface area contributed by atoms with E-state index in [0.29, 0.717) is 25.6 Å². The average molecular weight is 297 g/mol. The van der Waals surface area contributed by atoms with Crippen molar-refractivity contribution in [2.24, 2.45) is 5.92 Å². The summed E-state index contributed by atoms with van der Waals surface area (Å²) in [7, 11) is 0. The summed E-state index contributed by atoms with van der Waals surface area (Å²) in [4.78, 5) is 29.7. The summed E-state index contributed by atoms with van der Waals surface area (Å²) in [6.07, 6.45) is 2.49. The Labute approximate surface area is 126 Å². The second-order valence-corrected chi connectivity index (χ2v) is 6.02. The number of hydrogen-bond acceptors (Lipinski definition) is 3. The van der Waals surface area contributed by atoms with Crippen LogP contribution in [0.25, 0.3) is 0 Å². The predicted molar refractivity (Wildman–Crippen MR) is 80.2 cm³/mol. The van der Waals surface area contributed by atoms with Crippen molar-refractivity contribution in [3.05, 3.63) is 0 Å². The monoisotopic (exact) mass is 297 g/mol. The van der Waals surface area contributed by atoms with Gasteiger partial charge in [-0.3, -0.25) is 9.69 Å². The fourth-order valence-corrected chi connectivity index (χ4v) is 3.51. The van der Waals surface area contributed by atoms with E-state index in [0.717, 1.165) is 39.0 Å². The van der Waals surface area contributed by atoms with E-state index in [1.807, 2.05) is 4.90 Å². The van der Waals surface area contributed by atoms with E-state index in [9.17, 15) is 9.59 Å². The van der Waals surface area contributed by atoms with E-state index in [2.05, 4.69) is 18.7 Å². The first-order valence-corrected chi connectivity index (χ1v) is 8.07. The minimum absolute atomic E-state index is 0.0237. The van der Waals surface area contributed by atoms with E-state index in [-0.39, 0.29) is 6.03 Å². The Morgan fingerprint density at radius 2 is 1.76 bits per heavy atom. The van der Waals surface area contributed by atoms with Crippen LogP contribution in [0.1, 0.15) is 33.1 Å². The Balaban J connectivity index is 1.90. The highest BCUT2D eigenvalue weighted by Crippen LogP contribution is 2.21. The number of rotatable bonds is 4. The quantitative estimate of drug-likeness (QED) is 0.850. The van der Waals surface area contributed by atoms with Gasteiger partial charge in [0.15, 0.2) is 0 Å². The van der Waals surface area contributed by atoms with E-state index in [1.165, 1.54) is 0 Å². The first kappa shape index (κ1) is 16.1. The van der Waals surface area contributed by atoms with Crippen LogP contribution >= 0.6 is 0 Å². The van der Waals surface area contributed by atoms with Crippen LogP contribution in [0.4, 0.5) is 4.79 Å². The molecule has 2 saturated heterocycles. The lowest BCUT2D eigenvalue weighted by molar-refractivity contribution is -0.143. The van der Waals surface area contributed by atoms with Crippen molar-refractivity contribution in [3.63, 3.8) is 0 Å². The van der Waals surface area contributed by atoms with Crippen LogP contribution in [-0.4, -0.2) is 77.1 Å². The smallest absolute Gasteiger partial charge is 0.320 e. The number of likely N-dealkylation sites (tertiary alicyclic amines) is 2. The molecule has 1 unspecified atom stereocenters. The van der Waals surface area contributed by atoms with Gasteiger partial charge in [-0.2, -0.15) is 0 Å². The van der Waals surface area contributed by atoms with Crippen LogP contribution in [0.5, 0.6) is 0 Å². The van der Waals surface area contributed by atoms with Gasteiger partial charge in [0.05, 0.1) is 5.92 Å². The van der Waals surface area contributed by atoms with Gasteiger partial charge in [-0.15, -0.1) is 0 Å². The average Bonchev–Trinajstić information content (AvgIpc) is 2.97. The van der Waals surface area contributed by atoms with Gasteiger partial charge in [-0.1, -0.05) is 13.8 Å². The summed E-state index contributed by atoms with van der Waals surface area (Å²) < 4.78 is 0. The molecule has 2 heterocycles. The van der Waals surface area contributed by atoms with Crippen LogP contribution < -0.4 is 0 Å². The zero-order chi connectivity index (χ0) is 15.4. The fraction of sp³-hybridized carbons (Fsp3) is 0.867. The van der Waals surface area contributed by atoms with Gasteiger partial charge in [-0.25, -0.2) is 4.79 Å². The summed E-state index contributed by atoms with van der Waals surface area (Å²) >= 11 is 0. The summed E-state index contributed by atoms with van der Waals surface area (Å²) in [6.45, 7) is 8.92. The molecule has 0 aromatic carbocycles. The fourth-order valence-electron chi connectivity index (χ4n) is 3.51. The molecule has 1 N–H and O–H groups in total. The molecule has 2 fully saturated rings. The van der Waals surface area contributed by atoms with Gasteiger partial charge in [0, 0.05) is 32.2 Å². The molecule has 0 aliphatic carbocycles. The molecule has 2 atom stereocenters. The minimum Gasteiger partial charge on any atom is -0.481 e. The Hall–Kier alpha value is -1.30. The summed E-state index contributed by atoms with van der Waals surface area (Å²) in [6, 6.07) is 0.472. The van der Waals surface area contributed by atoms with Crippen molar-refractivity contribution in [1.82, 2.24) is 14.7 Å². The lowest BCUT2D eigenvalue weighted by atomic mass is 9.99. The van der Waals surface area contributed by atoms with E-state index in [1.54, 1.807) is 4.90 Å². The first-order valence-electron chi connectivity index (χ1n) is 8.07.